The highest BCUT2D eigenvalue weighted by Crippen LogP contribution is 2.32. The fourth-order valence-corrected chi connectivity index (χ4v) is 4.32. The molecular formula is C20H15F3N4O5S. The van der Waals surface area contributed by atoms with Crippen molar-refractivity contribution in [3.63, 3.8) is 0 Å². The quantitative estimate of drug-likeness (QED) is 0.245. The monoisotopic (exact) mass is 480 g/mol. The summed E-state index contributed by atoms with van der Waals surface area (Å²) < 4.78 is 45.3. The van der Waals surface area contributed by atoms with Crippen LogP contribution in [0.25, 0.3) is 10.2 Å². The summed E-state index contributed by atoms with van der Waals surface area (Å²) >= 11 is 0.702. The number of nitrogens with zero attached hydrogens (tertiary/aromatic N) is 3. The van der Waals surface area contributed by atoms with E-state index in [0.717, 1.165) is 25.0 Å². The number of ether oxygens (including phenoxy) is 1. The van der Waals surface area contributed by atoms with Gasteiger partial charge in [0, 0.05) is 19.2 Å². The number of hydrogen-bond acceptors (Lipinski definition) is 8. The number of amides is 1. The summed E-state index contributed by atoms with van der Waals surface area (Å²) in [6.45, 7) is 0.598. The van der Waals surface area contributed by atoms with Gasteiger partial charge < -0.3 is 9.64 Å². The molecule has 3 aromatic rings. The van der Waals surface area contributed by atoms with Crippen molar-refractivity contribution in [1.29, 1.82) is 0 Å². The summed E-state index contributed by atoms with van der Waals surface area (Å²) in [5.41, 5.74) is -0.392. The molecule has 1 aliphatic heterocycles. The maximum atomic E-state index is 13.8. The van der Waals surface area contributed by atoms with Crippen LogP contribution in [0.5, 0.6) is 0 Å². The molecule has 2 aromatic carbocycles. The summed E-state index contributed by atoms with van der Waals surface area (Å²) in [6, 6.07) is 4.68. The van der Waals surface area contributed by atoms with Crippen molar-refractivity contribution in [1.82, 2.24) is 4.98 Å². The van der Waals surface area contributed by atoms with E-state index in [0.29, 0.717) is 30.1 Å². The lowest BCUT2D eigenvalue weighted by Crippen LogP contribution is -2.21. The minimum Gasteiger partial charge on any atom is -0.452 e. The Morgan fingerprint density at radius 3 is 2.61 bits per heavy atom. The highest BCUT2D eigenvalue weighted by molar-refractivity contribution is 7.22. The van der Waals surface area contributed by atoms with E-state index in [2.05, 4.69) is 10.3 Å². The second kappa shape index (κ2) is 9.02. The number of thiazole rings is 1. The molecule has 1 aromatic heterocycles. The molecule has 1 fully saturated rings. The standard InChI is InChI=1S/C20H15F3N4O5S/c21-11-8-14-18(17(23)16(11)22)25-20(33-14)24-15(28)9-32-19(29)10-3-4-12(13(7-10)27(30)31)26-5-1-2-6-26/h3-4,7-8H,1-2,5-6,9H2,(H,24,25,28). The number of hydrogen-bond donors (Lipinski definition) is 1. The van der Waals surface area contributed by atoms with Crippen molar-refractivity contribution in [3.05, 3.63) is 57.4 Å². The van der Waals surface area contributed by atoms with Crippen LogP contribution in [0.3, 0.4) is 0 Å². The number of aromatic nitrogens is 1. The molecule has 1 amide bonds. The first-order valence-corrected chi connectivity index (χ1v) is 10.5. The maximum Gasteiger partial charge on any atom is 0.338 e. The highest BCUT2D eigenvalue weighted by atomic mass is 32.1. The second-order valence-corrected chi connectivity index (χ2v) is 8.16. The molecule has 33 heavy (non-hydrogen) atoms. The zero-order chi connectivity index (χ0) is 23.7. The number of esters is 1. The van der Waals surface area contributed by atoms with E-state index in [4.69, 9.17) is 4.74 Å². The Morgan fingerprint density at radius 2 is 1.91 bits per heavy atom. The Morgan fingerprint density at radius 1 is 1.18 bits per heavy atom. The first-order valence-electron chi connectivity index (χ1n) is 9.69. The maximum absolute atomic E-state index is 13.8. The van der Waals surface area contributed by atoms with Crippen molar-refractivity contribution in [2.24, 2.45) is 0 Å². The molecule has 0 unspecified atom stereocenters. The number of benzene rings is 2. The first-order chi connectivity index (χ1) is 15.7. The molecule has 9 nitrogen and oxygen atoms in total. The zero-order valence-electron chi connectivity index (χ0n) is 16.8. The molecule has 1 saturated heterocycles. The van der Waals surface area contributed by atoms with Crippen LogP contribution in [-0.2, 0) is 9.53 Å². The average molecular weight is 480 g/mol. The molecule has 4 rings (SSSR count). The number of nitro groups is 1. The van der Waals surface area contributed by atoms with Crippen LogP contribution in [-0.4, -0.2) is 41.5 Å². The predicted octanol–water partition coefficient (Wildman–Crippen LogP) is 4.02. The number of nitro benzene ring substituents is 1. The molecular weight excluding hydrogens is 465 g/mol. The van der Waals surface area contributed by atoms with Gasteiger partial charge in [-0.3, -0.25) is 20.2 Å². The summed E-state index contributed by atoms with van der Waals surface area (Å²) in [7, 11) is 0. The third-order valence-corrected chi connectivity index (χ3v) is 5.87. The van der Waals surface area contributed by atoms with Gasteiger partial charge in [-0.2, -0.15) is 0 Å². The third-order valence-electron chi connectivity index (χ3n) is 4.96. The van der Waals surface area contributed by atoms with Gasteiger partial charge in [0.15, 0.2) is 29.2 Å². The zero-order valence-corrected chi connectivity index (χ0v) is 17.6. The van der Waals surface area contributed by atoms with Gasteiger partial charge in [-0.1, -0.05) is 11.3 Å². The Labute approximate surface area is 187 Å². The van der Waals surface area contributed by atoms with Gasteiger partial charge in [0.1, 0.15) is 11.2 Å². The van der Waals surface area contributed by atoms with Gasteiger partial charge in [-0.25, -0.2) is 22.9 Å². The van der Waals surface area contributed by atoms with E-state index < -0.39 is 46.4 Å². The molecule has 0 spiro atoms. The van der Waals surface area contributed by atoms with Crippen LogP contribution in [0.1, 0.15) is 23.2 Å². The lowest BCUT2D eigenvalue weighted by atomic mass is 10.1. The fourth-order valence-electron chi connectivity index (χ4n) is 3.42. The molecule has 13 heteroatoms. The smallest absolute Gasteiger partial charge is 0.338 e. The van der Waals surface area contributed by atoms with Crippen molar-refractivity contribution in [2.45, 2.75) is 12.8 Å². The number of carbonyl (C=O) groups excluding carboxylic acids is 2. The number of halogens is 3. The Bertz CT molecular complexity index is 1280. The van der Waals surface area contributed by atoms with Gasteiger partial charge in [-0.15, -0.1) is 0 Å². The van der Waals surface area contributed by atoms with E-state index in [1.165, 1.54) is 12.1 Å². The summed E-state index contributed by atoms with van der Waals surface area (Å²) in [4.78, 5) is 40.8. The van der Waals surface area contributed by atoms with Crippen molar-refractivity contribution >= 4 is 49.9 Å². The van der Waals surface area contributed by atoms with E-state index >= 15 is 0 Å². The molecule has 0 aliphatic carbocycles. The topological polar surface area (TPSA) is 115 Å². The van der Waals surface area contributed by atoms with Gasteiger partial charge in [0.05, 0.1) is 15.2 Å². The molecule has 0 saturated carbocycles. The average Bonchev–Trinajstić information content (AvgIpc) is 3.45. The van der Waals surface area contributed by atoms with E-state index in [1.807, 2.05) is 4.90 Å². The van der Waals surface area contributed by atoms with E-state index in [-0.39, 0.29) is 21.1 Å². The minimum absolute atomic E-state index is 0.0240. The molecule has 172 valence electrons. The highest BCUT2D eigenvalue weighted by Gasteiger charge is 2.25. The molecule has 2 heterocycles. The van der Waals surface area contributed by atoms with E-state index in [9.17, 15) is 32.9 Å². The van der Waals surface area contributed by atoms with Gasteiger partial charge in [-0.05, 0) is 31.0 Å². The largest absolute Gasteiger partial charge is 0.452 e. The third kappa shape index (κ3) is 4.58. The molecule has 0 bridgehead atoms. The first kappa shape index (κ1) is 22.5. The van der Waals surface area contributed by atoms with Crippen LogP contribution in [0.15, 0.2) is 24.3 Å². The predicted molar refractivity (Wildman–Crippen MR) is 113 cm³/mol. The number of nitrogens with one attached hydrogen (secondary N) is 1. The lowest BCUT2D eigenvalue weighted by Gasteiger charge is -2.17. The number of rotatable bonds is 6. The van der Waals surface area contributed by atoms with Crippen molar-refractivity contribution < 1.29 is 32.4 Å². The molecule has 1 N–H and O–H groups in total. The Kier molecular flexibility index (Phi) is 6.14. The Hall–Kier alpha value is -3.74. The van der Waals surface area contributed by atoms with Gasteiger partial charge >= 0.3 is 5.97 Å². The van der Waals surface area contributed by atoms with Gasteiger partial charge in [0.2, 0.25) is 0 Å². The number of carbonyl (C=O) groups is 2. The SMILES string of the molecule is O=C(COC(=O)c1ccc(N2CCCC2)c([N+](=O)[O-])c1)Nc1nc2c(F)c(F)c(F)cc2s1. The van der Waals surface area contributed by atoms with Crippen LogP contribution in [0, 0.1) is 27.6 Å². The summed E-state index contributed by atoms with van der Waals surface area (Å²) in [6.07, 6.45) is 1.84. The number of fused-ring (bicyclic) bond motifs is 1. The summed E-state index contributed by atoms with van der Waals surface area (Å²) in [5, 5.41) is 13.5. The lowest BCUT2D eigenvalue weighted by molar-refractivity contribution is -0.384. The fraction of sp³-hybridized carbons (Fsp3) is 0.250. The second-order valence-electron chi connectivity index (χ2n) is 7.13. The van der Waals surface area contributed by atoms with E-state index in [1.54, 1.807) is 0 Å². The van der Waals surface area contributed by atoms with Crippen molar-refractivity contribution in [3.8, 4) is 0 Å². The summed E-state index contributed by atoms with van der Waals surface area (Å²) in [5.74, 6) is -6.34. The van der Waals surface area contributed by atoms with Crippen LogP contribution in [0.4, 0.5) is 29.7 Å². The molecule has 0 radical (unpaired) electrons. The van der Waals surface area contributed by atoms with Crippen LogP contribution < -0.4 is 10.2 Å². The number of anilines is 2. The molecule has 1 aliphatic rings. The Balaban J connectivity index is 1.42. The van der Waals surface area contributed by atoms with Crippen molar-refractivity contribution in [2.75, 3.05) is 29.9 Å². The molecule has 0 atom stereocenters. The minimum atomic E-state index is -1.68. The van der Waals surface area contributed by atoms with Crippen LogP contribution in [0.2, 0.25) is 0 Å². The normalized spacial score (nSPS) is 13.4. The van der Waals surface area contributed by atoms with Crippen LogP contribution >= 0.6 is 11.3 Å². The van der Waals surface area contributed by atoms with Gasteiger partial charge in [0.25, 0.3) is 11.6 Å².